The summed E-state index contributed by atoms with van der Waals surface area (Å²) in [4.78, 5) is 0. The molecule has 1 aliphatic heterocycles. The van der Waals surface area contributed by atoms with Crippen molar-refractivity contribution >= 4 is 0 Å². The molecule has 0 spiro atoms. The molecule has 1 aliphatic rings. The fourth-order valence-corrected chi connectivity index (χ4v) is 2.00. The number of aliphatic hydroxyl groups excluding tert-OH is 1. The first-order chi connectivity index (χ1) is 9.15. The summed E-state index contributed by atoms with van der Waals surface area (Å²) in [5, 5.41) is 10.5. The smallest absolute Gasteiger partial charge is 0.221 e. The zero-order valence-electron chi connectivity index (χ0n) is 11.2. The van der Waals surface area contributed by atoms with E-state index in [4.69, 9.17) is 18.9 Å². The molecule has 3 unspecified atom stereocenters. The van der Waals surface area contributed by atoms with Gasteiger partial charge in [-0.25, -0.2) is 0 Å². The standard InChI is InChI=1S/C14H18O5/c1-16-11-6-4-10(5-7-11)13(15)14(18-3)9-8-12(17-2)19-14/h4-9,12-13,15H,1-3H3. The Kier molecular flexibility index (Phi) is 4.21. The highest BCUT2D eigenvalue weighted by Crippen LogP contribution is 2.37. The van der Waals surface area contributed by atoms with Gasteiger partial charge in [-0.3, -0.25) is 0 Å². The third-order valence-corrected chi connectivity index (χ3v) is 3.15. The van der Waals surface area contributed by atoms with Gasteiger partial charge in [-0.1, -0.05) is 12.1 Å². The third kappa shape index (κ3) is 2.64. The first kappa shape index (κ1) is 14.0. The molecule has 3 atom stereocenters. The number of ether oxygens (including phenoxy) is 4. The van der Waals surface area contributed by atoms with Crippen molar-refractivity contribution in [2.45, 2.75) is 18.2 Å². The van der Waals surface area contributed by atoms with Crippen molar-refractivity contribution in [3.63, 3.8) is 0 Å². The quantitative estimate of drug-likeness (QED) is 0.821. The van der Waals surface area contributed by atoms with E-state index in [1.165, 1.54) is 14.2 Å². The monoisotopic (exact) mass is 266 g/mol. The molecule has 1 N–H and O–H groups in total. The molecule has 5 nitrogen and oxygen atoms in total. The molecule has 104 valence electrons. The van der Waals surface area contributed by atoms with Gasteiger partial charge in [0.2, 0.25) is 5.79 Å². The number of rotatable bonds is 5. The highest BCUT2D eigenvalue weighted by atomic mass is 16.8. The van der Waals surface area contributed by atoms with Gasteiger partial charge < -0.3 is 24.1 Å². The molecular weight excluding hydrogens is 248 g/mol. The van der Waals surface area contributed by atoms with Crippen LogP contribution in [0.3, 0.4) is 0 Å². The predicted molar refractivity (Wildman–Crippen MR) is 68.7 cm³/mol. The van der Waals surface area contributed by atoms with Gasteiger partial charge in [0, 0.05) is 14.2 Å². The lowest BCUT2D eigenvalue weighted by Crippen LogP contribution is -2.39. The molecule has 1 heterocycles. The Morgan fingerprint density at radius 2 is 1.89 bits per heavy atom. The van der Waals surface area contributed by atoms with Gasteiger partial charge >= 0.3 is 0 Å². The Labute approximate surface area is 112 Å². The first-order valence-electron chi connectivity index (χ1n) is 5.92. The summed E-state index contributed by atoms with van der Waals surface area (Å²) in [7, 11) is 4.60. The number of benzene rings is 1. The molecule has 1 aromatic carbocycles. The average Bonchev–Trinajstić information content (AvgIpc) is 2.91. The molecule has 0 radical (unpaired) electrons. The lowest BCUT2D eigenvalue weighted by Gasteiger charge is -2.32. The van der Waals surface area contributed by atoms with Crippen molar-refractivity contribution in [3.05, 3.63) is 42.0 Å². The first-order valence-corrected chi connectivity index (χ1v) is 5.92. The van der Waals surface area contributed by atoms with Crippen LogP contribution in [0.1, 0.15) is 11.7 Å². The number of methoxy groups -OCH3 is 3. The fraction of sp³-hybridized carbons (Fsp3) is 0.429. The summed E-state index contributed by atoms with van der Waals surface area (Å²) in [6.07, 6.45) is 1.89. The van der Waals surface area contributed by atoms with Crippen LogP contribution in [0.4, 0.5) is 0 Å². The molecule has 0 amide bonds. The minimum absolute atomic E-state index is 0.521. The van der Waals surface area contributed by atoms with E-state index in [9.17, 15) is 5.11 Å². The maximum Gasteiger partial charge on any atom is 0.221 e. The Hall–Kier alpha value is -1.40. The van der Waals surface area contributed by atoms with E-state index >= 15 is 0 Å². The second kappa shape index (κ2) is 5.71. The largest absolute Gasteiger partial charge is 0.497 e. The van der Waals surface area contributed by atoms with Gasteiger partial charge in [0.25, 0.3) is 0 Å². The van der Waals surface area contributed by atoms with Crippen LogP contribution in [-0.4, -0.2) is 38.5 Å². The van der Waals surface area contributed by atoms with Crippen LogP contribution < -0.4 is 4.74 Å². The maximum absolute atomic E-state index is 10.5. The van der Waals surface area contributed by atoms with Crippen LogP contribution in [0.5, 0.6) is 5.75 Å². The van der Waals surface area contributed by atoms with Gasteiger partial charge in [0.1, 0.15) is 11.9 Å². The lowest BCUT2D eigenvalue weighted by atomic mass is 10.0. The SMILES string of the molecule is COc1ccc(C(O)C2(OC)C=CC(OC)O2)cc1. The van der Waals surface area contributed by atoms with Crippen molar-refractivity contribution in [2.75, 3.05) is 21.3 Å². The Bertz CT molecular complexity index is 442. The fourth-order valence-electron chi connectivity index (χ4n) is 2.00. The van der Waals surface area contributed by atoms with E-state index in [0.29, 0.717) is 5.56 Å². The molecule has 0 fully saturated rings. The van der Waals surface area contributed by atoms with Crippen molar-refractivity contribution in [1.29, 1.82) is 0 Å². The van der Waals surface area contributed by atoms with Gasteiger partial charge in [0.15, 0.2) is 6.29 Å². The Balaban J connectivity index is 2.21. The molecule has 0 bridgehead atoms. The van der Waals surface area contributed by atoms with E-state index < -0.39 is 18.2 Å². The van der Waals surface area contributed by atoms with Gasteiger partial charge in [-0.15, -0.1) is 0 Å². The van der Waals surface area contributed by atoms with Crippen molar-refractivity contribution in [2.24, 2.45) is 0 Å². The molecule has 0 saturated heterocycles. The van der Waals surface area contributed by atoms with E-state index in [-0.39, 0.29) is 0 Å². The van der Waals surface area contributed by atoms with E-state index in [0.717, 1.165) is 5.75 Å². The molecule has 1 aromatic rings. The van der Waals surface area contributed by atoms with Crippen LogP contribution in [0.2, 0.25) is 0 Å². The highest BCUT2D eigenvalue weighted by molar-refractivity contribution is 5.30. The maximum atomic E-state index is 10.5. The van der Waals surface area contributed by atoms with Crippen LogP contribution in [0.25, 0.3) is 0 Å². The Morgan fingerprint density at radius 3 is 2.37 bits per heavy atom. The predicted octanol–water partition coefficient (Wildman–Crippen LogP) is 1.63. The molecule has 0 aromatic heterocycles. The highest BCUT2D eigenvalue weighted by Gasteiger charge is 2.43. The average molecular weight is 266 g/mol. The molecule has 0 saturated carbocycles. The number of hydrogen-bond donors (Lipinski definition) is 1. The number of hydrogen-bond acceptors (Lipinski definition) is 5. The summed E-state index contributed by atoms with van der Waals surface area (Å²) in [5.41, 5.74) is 0.670. The zero-order valence-corrected chi connectivity index (χ0v) is 11.2. The van der Waals surface area contributed by atoms with Crippen LogP contribution in [0, 0.1) is 0 Å². The molecule has 2 rings (SSSR count). The van der Waals surface area contributed by atoms with Crippen LogP contribution in [0.15, 0.2) is 36.4 Å². The van der Waals surface area contributed by atoms with Crippen molar-refractivity contribution in [3.8, 4) is 5.75 Å². The van der Waals surface area contributed by atoms with Crippen LogP contribution >= 0.6 is 0 Å². The van der Waals surface area contributed by atoms with Crippen molar-refractivity contribution < 1.29 is 24.1 Å². The number of aliphatic hydroxyl groups is 1. The van der Waals surface area contributed by atoms with Gasteiger partial charge in [-0.2, -0.15) is 0 Å². The summed E-state index contributed by atoms with van der Waals surface area (Å²) in [5.74, 6) is -0.505. The second-order valence-electron chi connectivity index (χ2n) is 4.18. The second-order valence-corrected chi connectivity index (χ2v) is 4.18. The molecule has 0 aliphatic carbocycles. The summed E-state index contributed by atoms with van der Waals surface area (Å²) in [6.45, 7) is 0. The van der Waals surface area contributed by atoms with E-state index in [1.54, 1.807) is 43.5 Å². The molecular formula is C14H18O5. The van der Waals surface area contributed by atoms with Crippen molar-refractivity contribution in [1.82, 2.24) is 0 Å². The van der Waals surface area contributed by atoms with E-state index in [2.05, 4.69) is 0 Å². The van der Waals surface area contributed by atoms with E-state index in [1.807, 2.05) is 0 Å². The van der Waals surface area contributed by atoms with Gasteiger partial charge in [-0.05, 0) is 29.8 Å². The normalized spacial score (nSPS) is 27.5. The molecule has 5 heteroatoms. The topological polar surface area (TPSA) is 57.2 Å². The molecule has 19 heavy (non-hydrogen) atoms. The minimum Gasteiger partial charge on any atom is -0.497 e. The zero-order chi connectivity index (χ0) is 13.9. The summed E-state index contributed by atoms with van der Waals surface area (Å²) < 4.78 is 21.1. The van der Waals surface area contributed by atoms with Gasteiger partial charge in [0.05, 0.1) is 7.11 Å². The minimum atomic E-state index is -1.23. The summed E-state index contributed by atoms with van der Waals surface area (Å²) >= 11 is 0. The van der Waals surface area contributed by atoms with Crippen LogP contribution in [-0.2, 0) is 14.2 Å². The Morgan fingerprint density at radius 1 is 1.21 bits per heavy atom. The third-order valence-electron chi connectivity index (χ3n) is 3.15. The lowest BCUT2D eigenvalue weighted by molar-refractivity contribution is -0.281. The summed E-state index contributed by atoms with van der Waals surface area (Å²) in [6, 6.07) is 7.08.